The first kappa shape index (κ1) is 12.5. The Kier molecular flexibility index (Phi) is 3.89. The van der Waals surface area contributed by atoms with Crippen LogP contribution in [0.25, 0.3) is 0 Å². The van der Waals surface area contributed by atoms with Crippen LogP contribution in [-0.2, 0) is 0 Å². The first-order valence-electron chi connectivity index (χ1n) is 5.83. The Hall–Kier alpha value is -1.94. The van der Waals surface area contributed by atoms with E-state index in [1.54, 1.807) is 13.3 Å². The Labute approximate surface area is 107 Å². The molecule has 0 fully saturated rings. The van der Waals surface area contributed by atoms with E-state index in [2.05, 4.69) is 21.4 Å². The predicted molar refractivity (Wildman–Crippen MR) is 70.7 cm³/mol. The highest BCUT2D eigenvalue weighted by molar-refractivity contribution is 5.33. The third-order valence-corrected chi connectivity index (χ3v) is 2.86. The van der Waals surface area contributed by atoms with Crippen LogP contribution in [0.5, 0.6) is 5.75 Å². The molecule has 4 nitrogen and oxygen atoms in total. The van der Waals surface area contributed by atoms with Crippen LogP contribution < -0.4 is 10.1 Å². The molecular weight excluding hydrogens is 226 g/mol. The number of pyridine rings is 2. The zero-order valence-corrected chi connectivity index (χ0v) is 10.8. The van der Waals surface area contributed by atoms with Crippen molar-refractivity contribution in [1.29, 1.82) is 0 Å². The molecule has 0 aliphatic heterocycles. The molecule has 1 unspecified atom stereocenters. The lowest BCUT2D eigenvalue weighted by Gasteiger charge is -2.17. The lowest BCUT2D eigenvalue weighted by molar-refractivity contribution is 0.411. The molecule has 0 radical (unpaired) electrons. The molecule has 2 heterocycles. The average molecular weight is 243 g/mol. The zero-order chi connectivity index (χ0) is 13.0. The van der Waals surface area contributed by atoms with Crippen molar-refractivity contribution < 1.29 is 4.74 Å². The molecule has 0 saturated heterocycles. The van der Waals surface area contributed by atoms with Crippen LogP contribution in [0.15, 0.2) is 36.8 Å². The summed E-state index contributed by atoms with van der Waals surface area (Å²) in [5.74, 6) is 0.757. The third-order valence-electron chi connectivity index (χ3n) is 2.86. The van der Waals surface area contributed by atoms with Gasteiger partial charge in [-0.1, -0.05) is 6.07 Å². The van der Waals surface area contributed by atoms with Crippen molar-refractivity contribution in [2.45, 2.75) is 13.0 Å². The Morgan fingerprint density at radius 1 is 1.17 bits per heavy atom. The van der Waals surface area contributed by atoms with E-state index in [-0.39, 0.29) is 6.04 Å². The minimum atomic E-state index is 0.0701. The van der Waals surface area contributed by atoms with Gasteiger partial charge in [-0.2, -0.15) is 0 Å². The number of aryl methyl sites for hydroxylation is 1. The van der Waals surface area contributed by atoms with E-state index >= 15 is 0 Å². The molecule has 0 bridgehead atoms. The van der Waals surface area contributed by atoms with Crippen LogP contribution in [-0.4, -0.2) is 24.1 Å². The molecule has 2 aromatic heterocycles. The Balaban J connectivity index is 2.35. The fourth-order valence-corrected chi connectivity index (χ4v) is 1.88. The van der Waals surface area contributed by atoms with Gasteiger partial charge in [0, 0.05) is 18.1 Å². The molecule has 4 heteroatoms. The van der Waals surface area contributed by atoms with Crippen LogP contribution >= 0.6 is 0 Å². The topological polar surface area (TPSA) is 47.0 Å². The Bertz CT molecular complexity index is 511. The summed E-state index contributed by atoms with van der Waals surface area (Å²) in [5, 5.41) is 3.27. The maximum Gasteiger partial charge on any atom is 0.137 e. The standard InChI is InChI=1S/C14H17N3O/c1-10-4-5-11(8-17-10)14(15-2)12-6-13(18-3)9-16-7-12/h4-9,14-15H,1-3H3. The van der Waals surface area contributed by atoms with Gasteiger partial charge >= 0.3 is 0 Å². The molecule has 1 N–H and O–H groups in total. The first-order valence-corrected chi connectivity index (χ1v) is 5.83. The lowest BCUT2D eigenvalue weighted by atomic mass is 10.0. The molecule has 0 aromatic carbocycles. The second-order valence-corrected chi connectivity index (χ2v) is 4.11. The normalized spacial score (nSPS) is 12.2. The van der Waals surface area contributed by atoms with Crippen molar-refractivity contribution in [3.05, 3.63) is 53.6 Å². The number of nitrogens with zero attached hydrogens (tertiary/aromatic N) is 2. The van der Waals surface area contributed by atoms with Gasteiger partial charge in [0.15, 0.2) is 0 Å². The monoisotopic (exact) mass is 243 g/mol. The van der Waals surface area contributed by atoms with Gasteiger partial charge in [-0.05, 0) is 37.2 Å². The first-order chi connectivity index (χ1) is 8.74. The molecular formula is C14H17N3O. The predicted octanol–water partition coefficient (Wildman–Crippen LogP) is 2.10. The maximum absolute atomic E-state index is 5.20. The molecule has 1 atom stereocenters. The fourth-order valence-electron chi connectivity index (χ4n) is 1.88. The van der Waals surface area contributed by atoms with Gasteiger partial charge in [0.05, 0.1) is 19.3 Å². The summed E-state index contributed by atoms with van der Waals surface area (Å²) in [4.78, 5) is 8.51. The van der Waals surface area contributed by atoms with E-state index in [1.807, 2.05) is 38.5 Å². The average Bonchev–Trinajstić information content (AvgIpc) is 2.42. The molecule has 2 rings (SSSR count). The third kappa shape index (κ3) is 2.65. The van der Waals surface area contributed by atoms with Gasteiger partial charge in [0.2, 0.25) is 0 Å². The van der Waals surface area contributed by atoms with Gasteiger partial charge in [-0.3, -0.25) is 9.97 Å². The van der Waals surface area contributed by atoms with E-state index in [0.29, 0.717) is 0 Å². The Morgan fingerprint density at radius 3 is 2.61 bits per heavy atom. The van der Waals surface area contributed by atoms with Gasteiger partial charge in [-0.25, -0.2) is 0 Å². The number of hydrogen-bond acceptors (Lipinski definition) is 4. The van der Waals surface area contributed by atoms with E-state index in [0.717, 1.165) is 22.6 Å². The van der Waals surface area contributed by atoms with Crippen molar-refractivity contribution in [3.8, 4) is 5.75 Å². The van der Waals surface area contributed by atoms with Crippen molar-refractivity contribution in [2.24, 2.45) is 0 Å². The van der Waals surface area contributed by atoms with E-state index in [9.17, 15) is 0 Å². The SMILES string of the molecule is CNC(c1ccc(C)nc1)c1cncc(OC)c1. The van der Waals surface area contributed by atoms with E-state index in [1.165, 1.54) is 0 Å². The van der Waals surface area contributed by atoms with Crippen LogP contribution in [0.4, 0.5) is 0 Å². The molecule has 0 amide bonds. The summed E-state index contributed by atoms with van der Waals surface area (Å²) >= 11 is 0. The Morgan fingerprint density at radius 2 is 2.00 bits per heavy atom. The number of ether oxygens (including phenoxy) is 1. The number of nitrogens with one attached hydrogen (secondary N) is 1. The van der Waals surface area contributed by atoms with Gasteiger partial charge in [-0.15, -0.1) is 0 Å². The summed E-state index contributed by atoms with van der Waals surface area (Å²) in [6.07, 6.45) is 5.42. The largest absolute Gasteiger partial charge is 0.495 e. The molecule has 0 aliphatic carbocycles. The molecule has 0 spiro atoms. The van der Waals surface area contributed by atoms with Gasteiger partial charge in [0.1, 0.15) is 5.75 Å². The maximum atomic E-state index is 5.20. The van der Waals surface area contributed by atoms with Crippen molar-refractivity contribution >= 4 is 0 Å². The van der Waals surface area contributed by atoms with Crippen LogP contribution in [0.2, 0.25) is 0 Å². The summed E-state index contributed by atoms with van der Waals surface area (Å²) in [7, 11) is 3.56. The summed E-state index contributed by atoms with van der Waals surface area (Å²) in [6.45, 7) is 1.98. The second-order valence-electron chi connectivity index (χ2n) is 4.11. The van der Waals surface area contributed by atoms with Gasteiger partial charge in [0.25, 0.3) is 0 Å². The quantitative estimate of drug-likeness (QED) is 0.893. The molecule has 94 valence electrons. The molecule has 18 heavy (non-hydrogen) atoms. The summed E-state index contributed by atoms with van der Waals surface area (Å²) in [5.41, 5.74) is 3.18. The van der Waals surface area contributed by atoms with E-state index < -0.39 is 0 Å². The molecule has 0 aliphatic rings. The summed E-state index contributed by atoms with van der Waals surface area (Å²) in [6, 6.07) is 6.13. The zero-order valence-electron chi connectivity index (χ0n) is 10.8. The number of methoxy groups -OCH3 is 1. The minimum Gasteiger partial charge on any atom is -0.495 e. The van der Waals surface area contributed by atoms with E-state index in [4.69, 9.17) is 4.74 Å². The number of rotatable bonds is 4. The van der Waals surface area contributed by atoms with Crippen LogP contribution in [0.1, 0.15) is 22.9 Å². The minimum absolute atomic E-state index is 0.0701. The lowest BCUT2D eigenvalue weighted by Crippen LogP contribution is -2.18. The summed E-state index contributed by atoms with van der Waals surface area (Å²) < 4.78 is 5.20. The molecule has 0 saturated carbocycles. The van der Waals surface area contributed by atoms with Gasteiger partial charge < -0.3 is 10.1 Å². The smallest absolute Gasteiger partial charge is 0.137 e. The molecule has 2 aromatic rings. The van der Waals surface area contributed by atoms with Crippen molar-refractivity contribution in [2.75, 3.05) is 14.2 Å². The van der Waals surface area contributed by atoms with Crippen LogP contribution in [0.3, 0.4) is 0 Å². The highest BCUT2D eigenvalue weighted by Gasteiger charge is 2.13. The van der Waals surface area contributed by atoms with Crippen molar-refractivity contribution in [3.63, 3.8) is 0 Å². The highest BCUT2D eigenvalue weighted by atomic mass is 16.5. The fraction of sp³-hybridized carbons (Fsp3) is 0.286. The van der Waals surface area contributed by atoms with Crippen molar-refractivity contribution in [1.82, 2.24) is 15.3 Å². The number of hydrogen-bond donors (Lipinski definition) is 1. The second kappa shape index (κ2) is 5.60. The highest BCUT2D eigenvalue weighted by Crippen LogP contribution is 2.23. The van der Waals surface area contributed by atoms with Crippen LogP contribution in [0, 0.1) is 6.92 Å². The number of aromatic nitrogens is 2.